The van der Waals surface area contributed by atoms with Crippen LogP contribution in [0.1, 0.15) is 65.2 Å². The van der Waals surface area contributed by atoms with Crippen molar-refractivity contribution in [1.82, 2.24) is 15.5 Å². The smallest absolute Gasteiger partial charge is 0.222 e. The number of amides is 1. The maximum absolute atomic E-state index is 12.0. The monoisotopic (exact) mass is 310 g/mol. The summed E-state index contributed by atoms with van der Waals surface area (Å²) in [7, 11) is 2.05. The number of aliphatic imine (C=N–C) groups is 1. The fourth-order valence-corrected chi connectivity index (χ4v) is 2.78. The quantitative estimate of drug-likeness (QED) is 0.535. The van der Waals surface area contributed by atoms with E-state index >= 15 is 0 Å². The first-order chi connectivity index (χ1) is 10.7. The van der Waals surface area contributed by atoms with E-state index in [-0.39, 0.29) is 5.91 Å². The highest BCUT2D eigenvalue weighted by atomic mass is 16.1. The van der Waals surface area contributed by atoms with Gasteiger partial charge in [0.1, 0.15) is 0 Å². The Morgan fingerprint density at radius 3 is 2.59 bits per heavy atom. The molecule has 128 valence electrons. The molecule has 2 N–H and O–H groups in total. The molecule has 1 amide bonds. The van der Waals surface area contributed by atoms with Gasteiger partial charge in [-0.25, -0.2) is 0 Å². The standard InChI is InChI=1S/C17H34N4O/c1-4-6-14-21(3)17(18-5-2)19-13-12-16(22)20-15-10-8-7-9-11-15/h15H,4-14H2,1-3H3,(H,18,19)(H,20,22). The molecule has 1 rings (SSSR count). The van der Waals surface area contributed by atoms with Crippen LogP contribution in [-0.2, 0) is 4.79 Å². The Morgan fingerprint density at radius 1 is 1.23 bits per heavy atom. The molecule has 0 radical (unpaired) electrons. The molecule has 0 atom stereocenters. The zero-order valence-electron chi connectivity index (χ0n) is 14.7. The lowest BCUT2D eigenvalue weighted by molar-refractivity contribution is -0.121. The number of rotatable bonds is 8. The van der Waals surface area contributed by atoms with Crippen molar-refractivity contribution in [3.8, 4) is 0 Å². The summed E-state index contributed by atoms with van der Waals surface area (Å²) in [5.74, 6) is 1.05. The number of carbonyl (C=O) groups is 1. The molecule has 0 aliphatic heterocycles. The lowest BCUT2D eigenvalue weighted by Gasteiger charge is -2.23. The van der Waals surface area contributed by atoms with Crippen LogP contribution in [0.15, 0.2) is 4.99 Å². The summed E-state index contributed by atoms with van der Waals surface area (Å²) in [6, 6.07) is 0.394. The van der Waals surface area contributed by atoms with E-state index in [2.05, 4.69) is 41.4 Å². The Hall–Kier alpha value is -1.26. The van der Waals surface area contributed by atoms with Crippen LogP contribution in [0, 0.1) is 0 Å². The van der Waals surface area contributed by atoms with Crippen molar-refractivity contribution in [2.24, 2.45) is 4.99 Å². The third-order valence-electron chi connectivity index (χ3n) is 4.11. The van der Waals surface area contributed by atoms with Gasteiger partial charge in [0.05, 0.1) is 6.54 Å². The summed E-state index contributed by atoms with van der Waals surface area (Å²) in [6.07, 6.45) is 8.89. The van der Waals surface area contributed by atoms with Gasteiger partial charge in [0.2, 0.25) is 5.91 Å². The minimum atomic E-state index is 0.141. The highest BCUT2D eigenvalue weighted by Gasteiger charge is 2.15. The van der Waals surface area contributed by atoms with Gasteiger partial charge < -0.3 is 15.5 Å². The molecule has 1 fully saturated rings. The topological polar surface area (TPSA) is 56.7 Å². The zero-order valence-corrected chi connectivity index (χ0v) is 14.7. The van der Waals surface area contributed by atoms with E-state index in [0.717, 1.165) is 38.3 Å². The molecule has 1 aliphatic rings. The van der Waals surface area contributed by atoms with Crippen LogP contribution in [0.25, 0.3) is 0 Å². The molecule has 0 spiro atoms. The Morgan fingerprint density at radius 2 is 1.95 bits per heavy atom. The van der Waals surface area contributed by atoms with Gasteiger partial charge in [-0.05, 0) is 26.2 Å². The summed E-state index contributed by atoms with van der Waals surface area (Å²) in [4.78, 5) is 18.7. The summed E-state index contributed by atoms with van der Waals surface area (Å²) >= 11 is 0. The Kier molecular flexibility index (Phi) is 9.67. The van der Waals surface area contributed by atoms with Gasteiger partial charge in [-0.2, -0.15) is 0 Å². The number of guanidine groups is 1. The largest absolute Gasteiger partial charge is 0.357 e. The number of unbranched alkanes of at least 4 members (excludes halogenated alkanes) is 1. The van der Waals surface area contributed by atoms with Crippen molar-refractivity contribution >= 4 is 11.9 Å². The minimum absolute atomic E-state index is 0.141. The molecule has 5 heteroatoms. The van der Waals surface area contributed by atoms with Crippen LogP contribution in [-0.4, -0.2) is 49.5 Å². The van der Waals surface area contributed by atoms with Crippen LogP contribution in [0.3, 0.4) is 0 Å². The van der Waals surface area contributed by atoms with Crippen molar-refractivity contribution in [2.75, 3.05) is 26.7 Å². The molecular weight excluding hydrogens is 276 g/mol. The van der Waals surface area contributed by atoms with Gasteiger partial charge in [-0.15, -0.1) is 0 Å². The molecule has 1 saturated carbocycles. The molecule has 5 nitrogen and oxygen atoms in total. The van der Waals surface area contributed by atoms with Crippen molar-refractivity contribution < 1.29 is 4.79 Å². The maximum atomic E-state index is 12.0. The number of carbonyl (C=O) groups excluding carboxylic acids is 1. The first-order valence-corrected chi connectivity index (χ1v) is 8.96. The molecule has 0 aromatic rings. The van der Waals surface area contributed by atoms with Gasteiger partial charge in [-0.3, -0.25) is 9.79 Å². The summed E-state index contributed by atoms with van der Waals surface area (Å²) < 4.78 is 0. The predicted molar refractivity (Wildman–Crippen MR) is 93.1 cm³/mol. The van der Waals surface area contributed by atoms with Gasteiger partial charge in [-0.1, -0.05) is 32.6 Å². The van der Waals surface area contributed by atoms with E-state index in [0.29, 0.717) is 19.0 Å². The second kappa shape index (κ2) is 11.3. The van der Waals surface area contributed by atoms with Crippen molar-refractivity contribution in [1.29, 1.82) is 0 Å². The van der Waals surface area contributed by atoms with Gasteiger partial charge in [0.25, 0.3) is 0 Å². The van der Waals surface area contributed by atoms with Crippen molar-refractivity contribution in [3.05, 3.63) is 0 Å². The van der Waals surface area contributed by atoms with Crippen molar-refractivity contribution in [2.45, 2.75) is 71.3 Å². The van der Waals surface area contributed by atoms with Crippen LogP contribution in [0.2, 0.25) is 0 Å². The SMILES string of the molecule is CCCCN(C)C(=NCCC(=O)NC1CCCCC1)NCC. The highest BCUT2D eigenvalue weighted by Crippen LogP contribution is 2.17. The Bertz CT molecular complexity index is 338. The molecule has 0 bridgehead atoms. The fourth-order valence-electron chi connectivity index (χ4n) is 2.78. The molecule has 0 unspecified atom stereocenters. The summed E-state index contributed by atoms with van der Waals surface area (Å²) in [5, 5.41) is 6.44. The Balaban J connectivity index is 2.33. The third-order valence-corrected chi connectivity index (χ3v) is 4.11. The lowest BCUT2D eigenvalue weighted by atomic mass is 9.95. The molecule has 22 heavy (non-hydrogen) atoms. The van der Waals surface area contributed by atoms with E-state index in [1.807, 2.05) is 0 Å². The summed E-state index contributed by atoms with van der Waals surface area (Å²) in [6.45, 7) is 6.66. The number of nitrogens with one attached hydrogen (secondary N) is 2. The number of nitrogens with zero attached hydrogens (tertiary/aromatic N) is 2. The second-order valence-corrected chi connectivity index (χ2v) is 6.16. The minimum Gasteiger partial charge on any atom is -0.357 e. The van der Waals surface area contributed by atoms with E-state index < -0.39 is 0 Å². The van der Waals surface area contributed by atoms with E-state index in [1.165, 1.54) is 25.7 Å². The molecule has 0 aromatic carbocycles. The van der Waals surface area contributed by atoms with Gasteiger partial charge in [0, 0.05) is 32.6 Å². The second-order valence-electron chi connectivity index (χ2n) is 6.16. The third kappa shape index (κ3) is 7.66. The average molecular weight is 310 g/mol. The molecule has 0 heterocycles. The van der Waals surface area contributed by atoms with E-state index in [1.54, 1.807) is 0 Å². The van der Waals surface area contributed by atoms with Crippen LogP contribution in [0.4, 0.5) is 0 Å². The molecule has 0 aromatic heterocycles. The maximum Gasteiger partial charge on any atom is 0.222 e. The van der Waals surface area contributed by atoms with E-state index in [4.69, 9.17) is 0 Å². The lowest BCUT2D eigenvalue weighted by Crippen LogP contribution is -2.40. The molecule has 1 aliphatic carbocycles. The number of hydrogen-bond acceptors (Lipinski definition) is 2. The molecular formula is C17H34N4O. The number of hydrogen-bond donors (Lipinski definition) is 2. The zero-order chi connectivity index (χ0) is 16.2. The summed E-state index contributed by atoms with van der Waals surface area (Å²) in [5.41, 5.74) is 0. The molecule has 0 saturated heterocycles. The van der Waals surface area contributed by atoms with E-state index in [9.17, 15) is 4.79 Å². The van der Waals surface area contributed by atoms with Crippen LogP contribution < -0.4 is 10.6 Å². The normalized spacial score (nSPS) is 16.4. The van der Waals surface area contributed by atoms with Crippen LogP contribution in [0.5, 0.6) is 0 Å². The predicted octanol–water partition coefficient (Wildman–Crippen LogP) is 2.52. The van der Waals surface area contributed by atoms with Gasteiger partial charge in [0.15, 0.2) is 5.96 Å². The van der Waals surface area contributed by atoms with Crippen molar-refractivity contribution in [3.63, 3.8) is 0 Å². The fraction of sp³-hybridized carbons (Fsp3) is 0.882. The first kappa shape index (κ1) is 18.8. The van der Waals surface area contributed by atoms with Gasteiger partial charge >= 0.3 is 0 Å². The first-order valence-electron chi connectivity index (χ1n) is 8.96. The average Bonchev–Trinajstić information content (AvgIpc) is 2.52. The Labute approximate surface area is 135 Å². The van der Waals surface area contributed by atoms with Crippen LogP contribution >= 0.6 is 0 Å². The highest BCUT2D eigenvalue weighted by molar-refractivity contribution is 5.80.